The van der Waals surface area contributed by atoms with Gasteiger partial charge in [-0.3, -0.25) is 14.9 Å². The van der Waals surface area contributed by atoms with Gasteiger partial charge in [0, 0.05) is 22.4 Å². The molecule has 1 heterocycles. The monoisotopic (exact) mass is 405 g/mol. The van der Waals surface area contributed by atoms with Crippen molar-refractivity contribution >= 4 is 27.8 Å². The van der Waals surface area contributed by atoms with Crippen LogP contribution in [-0.4, -0.2) is 16.0 Å². The van der Waals surface area contributed by atoms with Gasteiger partial charge in [-0.1, -0.05) is 15.9 Å². The largest absolute Gasteiger partial charge is 0.295 e. The molecule has 0 saturated heterocycles. The number of benzene rings is 2. The van der Waals surface area contributed by atoms with Crippen LogP contribution >= 0.6 is 15.9 Å². The highest BCUT2D eigenvalue weighted by molar-refractivity contribution is 9.10. The van der Waals surface area contributed by atoms with Gasteiger partial charge in [0.15, 0.2) is 5.82 Å². The van der Waals surface area contributed by atoms with Crippen molar-refractivity contribution in [1.29, 1.82) is 0 Å². The maximum Gasteiger partial charge on any atom is 0.280 e. The molecule has 0 amide bonds. The summed E-state index contributed by atoms with van der Waals surface area (Å²) in [5.74, 6) is -1.46. The summed E-state index contributed by atoms with van der Waals surface area (Å²) in [4.78, 5) is 16.6. The van der Waals surface area contributed by atoms with Gasteiger partial charge in [-0.25, -0.2) is 13.5 Å². The molecule has 0 aliphatic carbocycles. The summed E-state index contributed by atoms with van der Waals surface area (Å²) in [6.07, 6.45) is 1.29. The minimum absolute atomic E-state index is 0.0345. The molecule has 25 heavy (non-hydrogen) atoms. The minimum Gasteiger partial charge on any atom is -0.295 e. The van der Waals surface area contributed by atoms with Gasteiger partial charge >= 0.3 is 0 Å². The number of aliphatic imine (C=N–C) groups is 1. The molecule has 1 aromatic heterocycles. The second-order valence-electron chi connectivity index (χ2n) is 5.58. The van der Waals surface area contributed by atoms with Crippen molar-refractivity contribution in [2.75, 3.05) is 0 Å². The predicted octanol–water partition coefficient (Wildman–Crippen LogP) is 4.57. The van der Waals surface area contributed by atoms with Gasteiger partial charge in [0.2, 0.25) is 0 Å². The van der Waals surface area contributed by atoms with Crippen LogP contribution in [0.5, 0.6) is 0 Å². The van der Waals surface area contributed by atoms with Crippen LogP contribution in [0.4, 0.5) is 14.5 Å². The number of hydrogen-bond acceptors (Lipinski definition) is 2. The van der Waals surface area contributed by atoms with Crippen molar-refractivity contribution in [1.82, 2.24) is 9.78 Å². The van der Waals surface area contributed by atoms with Crippen molar-refractivity contribution in [3.8, 4) is 5.69 Å². The molecule has 1 N–H and O–H groups in total. The number of hydrogen-bond donors (Lipinski definition) is 1. The van der Waals surface area contributed by atoms with Crippen molar-refractivity contribution < 1.29 is 8.78 Å². The Kier molecular flexibility index (Phi) is 4.67. The van der Waals surface area contributed by atoms with Gasteiger partial charge < -0.3 is 0 Å². The Bertz CT molecular complexity index is 1040. The number of H-pyrrole nitrogens is 1. The van der Waals surface area contributed by atoms with Crippen molar-refractivity contribution in [3.63, 3.8) is 0 Å². The molecule has 0 radical (unpaired) electrons. The Hall–Kier alpha value is -2.54. The van der Waals surface area contributed by atoms with Gasteiger partial charge in [-0.2, -0.15) is 0 Å². The lowest BCUT2D eigenvalue weighted by Gasteiger charge is -2.06. The SMILES string of the molecule is Cc1cc(Br)ccc1-n1[nH]c(C)c(C=Nc2ccc(F)cc2F)c1=O. The number of rotatable bonds is 3. The minimum atomic E-state index is -0.784. The number of nitrogens with one attached hydrogen (secondary N) is 1. The third-order valence-corrected chi connectivity index (χ3v) is 4.25. The molecule has 128 valence electrons. The van der Waals surface area contributed by atoms with Crippen LogP contribution in [0.3, 0.4) is 0 Å². The molecule has 2 aromatic carbocycles. The van der Waals surface area contributed by atoms with Crippen molar-refractivity contribution in [2.45, 2.75) is 13.8 Å². The average molecular weight is 406 g/mol. The quantitative estimate of drug-likeness (QED) is 0.637. The van der Waals surface area contributed by atoms with E-state index in [0.29, 0.717) is 16.9 Å². The molecule has 0 unspecified atom stereocenters. The Labute approximate surface area is 151 Å². The summed E-state index contributed by atoms with van der Waals surface area (Å²) in [6.45, 7) is 3.62. The Morgan fingerprint density at radius 3 is 2.60 bits per heavy atom. The summed E-state index contributed by atoms with van der Waals surface area (Å²) in [5, 5.41) is 2.99. The second kappa shape index (κ2) is 6.76. The zero-order valence-electron chi connectivity index (χ0n) is 13.5. The number of aromatic amines is 1. The molecule has 0 atom stereocenters. The smallest absolute Gasteiger partial charge is 0.280 e. The summed E-state index contributed by atoms with van der Waals surface area (Å²) in [5.41, 5.74) is 2.20. The van der Waals surface area contributed by atoms with E-state index < -0.39 is 11.6 Å². The zero-order chi connectivity index (χ0) is 18.1. The van der Waals surface area contributed by atoms with E-state index in [0.717, 1.165) is 22.2 Å². The lowest BCUT2D eigenvalue weighted by Crippen LogP contribution is -2.18. The maximum atomic E-state index is 13.7. The molecule has 0 aliphatic rings. The highest BCUT2D eigenvalue weighted by atomic mass is 79.9. The summed E-state index contributed by atoms with van der Waals surface area (Å²) in [6, 6.07) is 8.65. The summed E-state index contributed by atoms with van der Waals surface area (Å²) >= 11 is 3.39. The first-order valence-electron chi connectivity index (χ1n) is 7.44. The predicted molar refractivity (Wildman–Crippen MR) is 97.2 cm³/mol. The van der Waals surface area contributed by atoms with E-state index >= 15 is 0 Å². The van der Waals surface area contributed by atoms with Gasteiger partial charge in [0.25, 0.3) is 5.56 Å². The first-order chi connectivity index (χ1) is 11.9. The van der Waals surface area contributed by atoms with Gasteiger partial charge in [-0.15, -0.1) is 0 Å². The summed E-state index contributed by atoms with van der Waals surface area (Å²) < 4.78 is 28.9. The normalized spacial score (nSPS) is 11.4. The van der Waals surface area contributed by atoms with Crippen molar-refractivity contribution in [2.24, 2.45) is 4.99 Å². The Morgan fingerprint density at radius 1 is 1.16 bits per heavy atom. The maximum absolute atomic E-state index is 13.7. The number of nitrogens with zero attached hydrogens (tertiary/aromatic N) is 2. The van der Waals surface area contributed by atoms with Gasteiger partial charge in [0.05, 0.1) is 16.9 Å². The number of halogens is 3. The van der Waals surface area contributed by atoms with E-state index in [1.54, 1.807) is 6.92 Å². The molecule has 3 aromatic rings. The van der Waals surface area contributed by atoms with E-state index in [-0.39, 0.29) is 11.2 Å². The summed E-state index contributed by atoms with van der Waals surface area (Å²) in [7, 11) is 0. The topological polar surface area (TPSA) is 50.1 Å². The molecule has 0 bridgehead atoms. The third-order valence-electron chi connectivity index (χ3n) is 3.76. The van der Waals surface area contributed by atoms with E-state index in [2.05, 4.69) is 26.0 Å². The molecule has 0 aliphatic heterocycles. The standard InChI is InChI=1S/C18H14BrF2N3O/c1-10-7-12(19)3-6-17(10)24-18(25)14(11(2)23-24)9-22-16-5-4-13(20)8-15(16)21/h3-9,23H,1-2H3. The van der Waals surface area contributed by atoms with Gasteiger partial charge in [-0.05, 0) is 49.7 Å². The highest BCUT2D eigenvalue weighted by Crippen LogP contribution is 2.20. The lowest BCUT2D eigenvalue weighted by atomic mass is 10.2. The van der Waals surface area contributed by atoms with E-state index in [9.17, 15) is 13.6 Å². The molecule has 0 saturated carbocycles. The highest BCUT2D eigenvalue weighted by Gasteiger charge is 2.13. The average Bonchev–Trinajstić information content (AvgIpc) is 2.81. The number of aryl methyl sites for hydroxylation is 2. The molecule has 4 nitrogen and oxygen atoms in total. The second-order valence-corrected chi connectivity index (χ2v) is 6.49. The van der Waals surface area contributed by atoms with Crippen LogP contribution < -0.4 is 5.56 Å². The lowest BCUT2D eigenvalue weighted by molar-refractivity contribution is 0.585. The number of aromatic nitrogens is 2. The van der Waals surface area contributed by atoms with Gasteiger partial charge in [0.1, 0.15) is 5.82 Å². The third kappa shape index (κ3) is 3.46. The molecule has 3 rings (SSSR count). The zero-order valence-corrected chi connectivity index (χ0v) is 15.1. The van der Waals surface area contributed by atoms with E-state index in [1.807, 2.05) is 25.1 Å². The van der Waals surface area contributed by atoms with Crippen LogP contribution in [-0.2, 0) is 0 Å². The Balaban J connectivity index is 2.03. The first-order valence-corrected chi connectivity index (χ1v) is 8.23. The fourth-order valence-electron chi connectivity index (χ4n) is 2.47. The molecule has 7 heteroatoms. The fourth-order valence-corrected chi connectivity index (χ4v) is 2.95. The molecule has 0 spiro atoms. The van der Waals surface area contributed by atoms with E-state index in [4.69, 9.17) is 0 Å². The Morgan fingerprint density at radius 2 is 1.92 bits per heavy atom. The first kappa shape index (κ1) is 17.3. The van der Waals surface area contributed by atoms with Crippen LogP contribution in [0.2, 0.25) is 0 Å². The van der Waals surface area contributed by atoms with E-state index in [1.165, 1.54) is 17.0 Å². The van der Waals surface area contributed by atoms with Crippen molar-refractivity contribution in [3.05, 3.63) is 79.7 Å². The fraction of sp³-hybridized carbons (Fsp3) is 0.111. The van der Waals surface area contributed by atoms with Crippen LogP contribution in [0.1, 0.15) is 16.8 Å². The van der Waals surface area contributed by atoms with Crippen LogP contribution in [0, 0.1) is 25.5 Å². The molecular weight excluding hydrogens is 392 g/mol. The van der Waals surface area contributed by atoms with Crippen LogP contribution in [0.15, 0.2) is 50.7 Å². The molecular formula is C18H14BrF2N3O. The van der Waals surface area contributed by atoms with Crippen LogP contribution in [0.25, 0.3) is 5.69 Å². The molecule has 0 fully saturated rings.